The summed E-state index contributed by atoms with van der Waals surface area (Å²) in [6, 6.07) is 8.68. The summed E-state index contributed by atoms with van der Waals surface area (Å²) in [6.07, 6.45) is 4.83. The highest BCUT2D eigenvalue weighted by Gasteiger charge is 2.25. The zero-order valence-electron chi connectivity index (χ0n) is 11.7. The van der Waals surface area contributed by atoms with Crippen molar-refractivity contribution >= 4 is 5.91 Å². The first-order valence-electron chi connectivity index (χ1n) is 7.23. The van der Waals surface area contributed by atoms with Crippen LogP contribution < -0.4 is 11.1 Å². The van der Waals surface area contributed by atoms with Crippen molar-refractivity contribution in [2.24, 2.45) is 11.7 Å². The Morgan fingerprint density at radius 3 is 2.68 bits per heavy atom. The monoisotopic (exact) mass is 260 g/mol. The molecule has 0 saturated heterocycles. The summed E-state index contributed by atoms with van der Waals surface area (Å²) < 4.78 is 0. The molecule has 0 unspecified atom stereocenters. The van der Waals surface area contributed by atoms with Crippen molar-refractivity contribution in [2.75, 3.05) is 6.54 Å². The molecule has 3 N–H and O–H groups in total. The first-order chi connectivity index (χ1) is 9.15. The second-order valence-electron chi connectivity index (χ2n) is 5.64. The van der Waals surface area contributed by atoms with E-state index in [4.69, 9.17) is 5.73 Å². The zero-order valence-corrected chi connectivity index (χ0v) is 11.7. The van der Waals surface area contributed by atoms with E-state index in [0.717, 1.165) is 19.3 Å². The molecule has 0 heterocycles. The summed E-state index contributed by atoms with van der Waals surface area (Å²) in [5.74, 6) is 0.536. The van der Waals surface area contributed by atoms with Gasteiger partial charge in [-0.15, -0.1) is 0 Å². The Hall–Kier alpha value is -1.35. The molecule has 19 heavy (non-hydrogen) atoms. The molecule has 1 amide bonds. The van der Waals surface area contributed by atoms with Crippen LogP contribution in [0, 0.1) is 12.8 Å². The normalized spacial score (nSPS) is 22.4. The second-order valence-corrected chi connectivity index (χ2v) is 5.64. The van der Waals surface area contributed by atoms with Crippen molar-refractivity contribution in [1.29, 1.82) is 0 Å². The Morgan fingerprint density at radius 1 is 1.32 bits per heavy atom. The number of carbonyl (C=O) groups is 1. The van der Waals surface area contributed by atoms with E-state index in [9.17, 15) is 4.79 Å². The molecule has 0 bridgehead atoms. The highest BCUT2D eigenvalue weighted by molar-refractivity contribution is 5.76. The molecule has 3 nitrogen and oxygen atoms in total. The Kier molecular flexibility index (Phi) is 4.97. The molecule has 1 fully saturated rings. The van der Waals surface area contributed by atoms with Crippen LogP contribution in [0.15, 0.2) is 24.3 Å². The number of hydrogen-bond acceptors (Lipinski definition) is 2. The Bertz CT molecular complexity index is 413. The fraction of sp³-hybridized carbons (Fsp3) is 0.562. The van der Waals surface area contributed by atoms with Gasteiger partial charge in [0.25, 0.3) is 0 Å². The molecular formula is C16H24N2O. The van der Waals surface area contributed by atoms with E-state index in [-0.39, 0.29) is 11.9 Å². The maximum absolute atomic E-state index is 11.8. The number of aryl methyl sites for hydroxylation is 1. The van der Waals surface area contributed by atoms with Gasteiger partial charge >= 0.3 is 0 Å². The number of nitrogens with two attached hydrogens (primary N) is 1. The van der Waals surface area contributed by atoms with E-state index in [0.29, 0.717) is 18.9 Å². The van der Waals surface area contributed by atoms with Gasteiger partial charge in [-0.3, -0.25) is 4.79 Å². The Balaban J connectivity index is 1.67. The number of rotatable bonds is 5. The Labute approximate surface area is 115 Å². The molecule has 0 aliphatic heterocycles. The van der Waals surface area contributed by atoms with Gasteiger partial charge in [0.2, 0.25) is 5.91 Å². The molecule has 1 aliphatic carbocycles. The molecule has 0 spiro atoms. The van der Waals surface area contributed by atoms with E-state index in [1.165, 1.54) is 17.5 Å². The van der Waals surface area contributed by atoms with Crippen LogP contribution >= 0.6 is 0 Å². The molecule has 0 radical (unpaired) electrons. The fourth-order valence-electron chi connectivity index (χ4n) is 2.73. The number of amides is 1. The van der Waals surface area contributed by atoms with Crippen molar-refractivity contribution in [3.63, 3.8) is 0 Å². The standard InChI is InChI=1S/C16H24N2O/c1-12-5-7-13(8-6-12)9-10-18-16(19)11-14-3-2-4-15(14)17/h5-8,14-15H,2-4,9-11,17H2,1H3,(H,18,19)/t14-,15+/m0/s1. The lowest BCUT2D eigenvalue weighted by molar-refractivity contribution is -0.122. The minimum absolute atomic E-state index is 0.148. The minimum Gasteiger partial charge on any atom is -0.356 e. The van der Waals surface area contributed by atoms with Crippen molar-refractivity contribution in [3.05, 3.63) is 35.4 Å². The van der Waals surface area contributed by atoms with Crippen LogP contribution in [0.5, 0.6) is 0 Å². The summed E-state index contributed by atoms with van der Waals surface area (Å²) in [4.78, 5) is 11.8. The number of nitrogens with one attached hydrogen (secondary N) is 1. The van der Waals surface area contributed by atoms with Crippen LogP contribution in [0.4, 0.5) is 0 Å². The highest BCUT2D eigenvalue weighted by Crippen LogP contribution is 2.26. The van der Waals surface area contributed by atoms with Gasteiger partial charge in [-0.25, -0.2) is 0 Å². The van der Waals surface area contributed by atoms with Crippen LogP contribution in [0.2, 0.25) is 0 Å². The summed E-state index contributed by atoms with van der Waals surface area (Å²) in [5.41, 5.74) is 8.51. The van der Waals surface area contributed by atoms with Crippen LogP contribution in [0.1, 0.15) is 36.8 Å². The van der Waals surface area contributed by atoms with Gasteiger partial charge in [-0.2, -0.15) is 0 Å². The van der Waals surface area contributed by atoms with Crippen LogP contribution in [0.3, 0.4) is 0 Å². The van der Waals surface area contributed by atoms with Crippen LogP contribution in [0.25, 0.3) is 0 Å². The predicted molar refractivity (Wildman–Crippen MR) is 77.8 cm³/mol. The maximum Gasteiger partial charge on any atom is 0.220 e. The molecule has 1 aliphatic rings. The largest absolute Gasteiger partial charge is 0.356 e. The van der Waals surface area contributed by atoms with Crippen molar-refractivity contribution in [3.8, 4) is 0 Å². The van der Waals surface area contributed by atoms with Crippen molar-refractivity contribution in [2.45, 2.75) is 45.1 Å². The molecule has 1 saturated carbocycles. The highest BCUT2D eigenvalue weighted by atomic mass is 16.1. The van der Waals surface area contributed by atoms with Gasteiger partial charge in [-0.05, 0) is 37.7 Å². The molecule has 1 aromatic rings. The van der Waals surface area contributed by atoms with Gasteiger partial charge in [0, 0.05) is 19.0 Å². The lowest BCUT2D eigenvalue weighted by Gasteiger charge is -2.14. The van der Waals surface area contributed by atoms with Gasteiger partial charge < -0.3 is 11.1 Å². The molecule has 104 valence electrons. The van der Waals surface area contributed by atoms with Gasteiger partial charge in [-0.1, -0.05) is 36.2 Å². The first-order valence-corrected chi connectivity index (χ1v) is 7.23. The predicted octanol–water partition coefficient (Wildman–Crippen LogP) is 2.17. The topological polar surface area (TPSA) is 55.1 Å². The average molecular weight is 260 g/mol. The quantitative estimate of drug-likeness (QED) is 0.852. The number of benzene rings is 1. The smallest absolute Gasteiger partial charge is 0.220 e. The van der Waals surface area contributed by atoms with E-state index in [1.807, 2.05) is 0 Å². The summed E-state index contributed by atoms with van der Waals surface area (Å²) in [5, 5.41) is 3.00. The molecule has 2 atom stereocenters. The summed E-state index contributed by atoms with van der Waals surface area (Å²) in [7, 11) is 0. The van der Waals surface area contributed by atoms with E-state index in [1.54, 1.807) is 0 Å². The molecule has 1 aromatic carbocycles. The van der Waals surface area contributed by atoms with E-state index >= 15 is 0 Å². The third kappa shape index (κ3) is 4.35. The van der Waals surface area contributed by atoms with Crippen molar-refractivity contribution < 1.29 is 4.79 Å². The van der Waals surface area contributed by atoms with Crippen LogP contribution in [-0.4, -0.2) is 18.5 Å². The van der Waals surface area contributed by atoms with E-state index in [2.05, 4.69) is 36.5 Å². The Morgan fingerprint density at radius 2 is 2.05 bits per heavy atom. The minimum atomic E-state index is 0.148. The number of hydrogen-bond donors (Lipinski definition) is 2. The van der Waals surface area contributed by atoms with Gasteiger partial charge in [0.05, 0.1) is 0 Å². The van der Waals surface area contributed by atoms with E-state index < -0.39 is 0 Å². The second kappa shape index (κ2) is 6.71. The van der Waals surface area contributed by atoms with Crippen LogP contribution in [-0.2, 0) is 11.2 Å². The molecular weight excluding hydrogens is 236 g/mol. The molecule has 0 aromatic heterocycles. The van der Waals surface area contributed by atoms with Crippen molar-refractivity contribution in [1.82, 2.24) is 5.32 Å². The SMILES string of the molecule is Cc1ccc(CCNC(=O)C[C@@H]2CCC[C@H]2N)cc1. The third-order valence-corrected chi connectivity index (χ3v) is 4.02. The zero-order chi connectivity index (χ0) is 13.7. The van der Waals surface area contributed by atoms with Gasteiger partial charge in [0.15, 0.2) is 0 Å². The third-order valence-electron chi connectivity index (χ3n) is 4.02. The summed E-state index contributed by atoms with van der Waals surface area (Å²) in [6.45, 7) is 2.79. The van der Waals surface area contributed by atoms with Gasteiger partial charge in [0.1, 0.15) is 0 Å². The summed E-state index contributed by atoms with van der Waals surface area (Å²) >= 11 is 0. The first kappa shape index (κ1) is 14.1. The lowest BCUT2D eigenvalue weighted by Crippen LogP contribution is -2.32. The number of carbonyl (C=O) groups excluding carboxylic acids is 1. The average Bonchev–Trinajstić information content (AvgIpc) is 2.78. The fourth-order valence-corrected chi connectivity index (χ4v) is 2.73. The molecule has 2 rings (SSSR count). The lowest BCUT2D eigenvalue weighted by atomic mass is 10.00. The maximum atomic E-state index is 11.8. The molecule has 3 heteroatoms.